The number of aromatic nitrogens is 2. The molecule has 0 saturated carbocycles. The smallest absolute Gasteiger partial charge is 0.250 e. The summed E-state index contributed by atoms with van der Waals surface area (Å²) in [6.07, 6.45) is 5.00. The van der Waals surface area contributed by atoms with Gasteiger partial charge in [-0.2, -0.15) is 0 Å². The molecule has 7 heteroatoms. The number of aryl methyl sites for hydroxylation is 1. The van der Waals surface area contributed by atoms with Crippen LogP contribution in [0, 0.1) is 0 Å². The fourth-order valence-electron chi connectivity index (χ4n) is 1.86. The predicted octanol–water partition coefficient (Wildman–Crippen LogP) is 3.16. The first kappa shape index (κ1) is 17.0. The number of ether oxygens (including phenoxy) is 2. The van der Waals surface area contributed by atoms with Crippen LogP contribution in [0.15, 0.2) is 24.3 Å². The van der Waals surface area contributed by atoms with E-state index in [9.17, 15) is 4.79 Å². The Morgan fingerprint density at radius 3 is 2.52 bits per heavy atom. The minimum atomic E-state index is -0.258. The van der Waals surface area contributed by atoms with Crippen LogP contribution in [-0.2, 0) is 11.2 Å². The van der Waals surface area contributed by atoms with Gasteiger partial charge in [0.05, 0.1) is 14.2 Å². The summed E-state index contributed by atoms with van der Waals surface area (Å²) in [5.41, 5.74) is 0.806. The van der Waals surface area contributed by atoms with Crippen molar-refractivity contribution >= 4 is 28.5 Å². The molecule has 6 nitrogen and oxygen atoms in total. The molecule has 0 aliphatic rings. The lowest BCUT2D eigenvalue weighted by atomic mass is 10.2. The van der Waals surface area contributed by atoms with Crippen LogP contribution in [0.1, 0.15) is 23.9 Å². The highest BCUT2D eigenvalue weighted by molar-refractivity contribution is 7.15. The van der Waals surface area contributed by atoms with E-state index in [1.54, 1.807) is 26.4 Å². The molecule has 0 fully saturated rings. The first-order valence-corrected chi connectivity index (χ1v) is 8.00. The number of benzene rings is 1. The van der Waals surface area contributed by atoms with Crippen LogP contribution in [-0.4, -0.2) is 30.3 Å². The first-order valence-electron chi connectivity index (χ1n) is 7.19. The molecule has 0 bridgehead atoms. The molecular weight excluding hydrogens is 314 g/mol. The topological polar surface area (TPSA) is 73.3 Å². The Morgan fingerprint density at radius 1 is 1.22 bits per heavy atom. The zero-order chi connectivity index (χ0) is 16.7. The fraction of sp³-hybridized carbons (Fsp3) is 0.312. The van der Waals surface area contributed by atoms with Crippen LogP contribution in [0.25, 0.3) is 6.08 Å². The molecule has 0 atom stereocenters. The van der Waals surface area contributed by atoms with Crippen molar-refractivity contribution in [2.24, 2.45) is 0 Å². The van der Waals surface area contributed by atoms with Gasteiger partial charge in [-0.15, -0.1) is 10.2 Å². The van der Waals surface area contributed by atoms with Gasteiger partial charge >= 0.3 is 0 Å². The molecule has 0 saturated heterocycles. The molecule has 0 aliphatic heterocycles. The molecule has 2 aromatic rings. The molecule has 0 unspecified atom stereocenters. The van der Waals surface area contributed by atoms with Gasteiger partial charge < -0.3 is 9.47 Å². The van der Waals surface area contributed by atoms with Gasteiger partial charge in [0, 0.05) is 18.6 Å². The molecule has 2 rings (SSSR count). The second kappa shape index (κ2) is 8.28. The van der Waals surface area contributed by atoms with Gasteiger partial charge in [0.2, 0.25) is 11.0 Å². The van der Waals surface area contributed by atoms with Crippen LogP contribution >= 0.6 is 11.3 Å². The lowest BCUT2D eigenvalue weighted by molar-refractivity contribution is -0.111. The number of hydrogen-bond donors (Lipinski definition) is 1. The van der Waals surface area contributed by atoms with Gasteiger partial charge in [-0.1, -0.05) is 18.3 Å². The average Bonchev–Trinajstić information content (AvgIpc) is 3.00. The number of nitrogens with zero attached hydrogens (tertiary/aromatic N) is 2. The highest BCUT2D eigenvalue weighted by Crippen LogP contribution is 2.23. The standard InChI is InChI=1S/C16H19N3O3S/c1-4-5-15-18-19-16(23-15)17-14(20)7-6-11-8-12(21-2)10-13(9-11)22-3/h6-10H,4-5H2,1-3H3,(H,17,19,20)/b7-6+. The van der Waals surface area contributed by atoms with Crippen LogP contribution in [0.5, 0.6) is 11.5 Å². The van der Waals surface area contributed by atoms with E-state index >= 15 is 0 Å². The van der Waals surface area contributed by atoms with Crippen molar-refractivity contribution in [1.29, 1.82) is 0 Å². The van der Waals surface area contributed by atoms with Crippen molar-refractivity contribution in [3.63, 3.8) is 0 Å². The van der Waals surface area contributed by atoms with E-state index in [4.69, 9.17) is 9.47 Å². The van der Waals surface area contributed by atoms with Crippen molar-refractivity contribution in [1.82, 2.24) is 10.2 Å². The third-order valence-electron chi connectivity index (χ3n) is 2.96. The summed E-state index contributed by atoms with van der Waals surface area (Å²) in [7, 11) is 3.16. The minimum absolute atomic E-state index is 0.258. The Bertz CT molecular complexity index is 675. The van der Waals surface area contributed by atoms with Gasteiger partial charge in [-0.3, -0.25) is 10.1 Å². The summed E-state index contributed by atoms with van der Waals surface area (Å²) in [5.74, 6) is 1.07. The molecule has 0 spiro atoms. The maximum atomic E-state index is 11.9. The summed E-state index contributed by atoms with van der Waals surface area (Å²) < 4.78 is 10.4. The van der Waals surface area contributed by atoms with Crippen LogP contribution in [0.3, 0.4) is 0 Å². The summed E-state index contributed by atoms with van der Waals surface area (Å²) in [6.45, 7) is 2.07. The molecule has 1 aromatic heterocycles. The zero-order valence-electron chi connectivity index (χ0n) is 13.3. The van der Waals surface area contributed by atoms with E-state index in [1.807, 2.05) is 12.1 Å². The number of carbonyl (C=O) groups is 1. The zero-order valence-corrected chi connectivity index (χ0v) is 14.1. The number of amides is 1. The van der Waals surface area contributed by atoms with Crippen LogP contribution < -0.4 is 14.8 Å². The summed E-state index contributed by atoms with van der Waals surface area (Å²) in [5, 5.41) is 12.1. The van der Waals surface area contributed by atoms with Gasteiger partial charge in [0.25, 0.3) is 0 Å². The van der Waals surface area contributed by atoms with Gasteiger partial charge in [0.1, 0.15) is 16.5 Å². The number of rotatable bonds is 7. The van der Waals surface area contributed by atoms with E-state index in [-0.39, 0.29) is 5.91 Å². The first-order chi connectivity index (χ1) is 11.1. The Kier molecular flexibility index (Phi) is 6.10. The molecule has 0 aliphatic carbocycles. The Morgan fingerprint density at radius 2 is 1.91 bits per heavy atom. The van der Waals surface area contributed by atoms with Crippen molar-refractivity contribution in [2.75, 3.05) is 19.5 Å². The molecule has 1 N–H and O–H groups in total. The maximum Gasteiger partial charge on any atom is 0.250 e. The molecular formula is C16H19N3O3S. The Balaban J connectivity index is 2.02. The van der Waals surface area contributed by atoms with Crippen molar-refractivity contribution in [3.8, 4) is 11.5 Å². The maximum absolute atomic E-state index is 11.9. The minimum Gasteiger partial charge on any atom is -0.497 e. The van der Waals surface area contributed by atoms with E-state index in [2.05, 4.69) is 22.4 Å². The quantitative estimate of drug-likeness (QED) is 0.788. The Hall–Kier alpha value is -2.41. The highest BCUT2D eigenvalue weighted by atomic mass is 32.1. The second-order valence-corrected chi connectivity index (χ2v) is 5.78. The van der Waals surface area contributed by atoms with Crippen LogP contribution in [0.4, 0.5) is 5.13 Å². The molecule has 23 heavy (non-hydrogen) atoms. The second-order valence-electron chi connectivity index (χ2n) is 4.72. The van der Waals surface area contributed by atoms with Crippen LogP contribution in [0.2, 0.25) is 0 Å². The highest BCUT2D eigenvalue weighted by Gasteiger charge is 2.06. The SMILES string of the molecule is CCCc1nnc(NC(=O)/C=C/c2cc(OC)cc(OC)c2)s1. The average molecular weight is 333 g/mol. The predicted molar refractivity (Wildman–Crippen MR) is 91.1 cm³/mol. The lowest BCUT2D eigenvalue weighted by Crippen LogP contribution is -2.07. The molecule has 0 radical (unpaired) electrons. The van der Waals surface area contributed by atoms with Crippen molar-refractivity contribution in [3.05, 3.63) is 34.8 Å². The van der Waals surface area contributed by atoms with E-state index < -0.39 is 0 Å². The molecule has 1 amide bonds. The monoisotopic (exact) mass is 333 g/mol. The molecule has 122 valence electrons. The molecule has 1 heterocycles. The van der Waals surface area contributed by atoms with Gasteiger partial charge in [-0.25, -0.2) is 0 Å². The summed E-state index contributed by atoms with van der Waals surface area (Å²) in [6, 6.07) is 5.40. The largest absolute Gasteiger partial charge is 0.497 e. The van der Waals surface area contributed by atoms with E-state index in [0.717, 1.165) is 23.4 Å². The fourth-order valence-corrected chi connectivity index (χ4v) is 2.71. The normalized spacial score (nSPS) is 10.7. The van der Waals surface area contributed by atoms with Gasteiger partial charge in [-0.05, 0) is 30.2 Å². The number of nitrogens with one attached hydrogen (secondary N) is 1. The van der Waals surface area contributed by atoms with E-state index in [0.29, 0.717) is 16.6 Å². The Labute approximate surface area is 139 Å². The van der Waals surface area contributed by atoms with Crippen molar-refractivity contribution < 1.29 is 14.3 Å². The molecule has 1 aromatic carbocycles. The van der Waals surface area contributed by atoms with E-state index in [1.165, 1.54) is 17.4 Å². The third kappa shape index (κ3) is 5.07. The number of anilines is 1. The summed E-state index contributed by atoms with van der Waals surface area (Å²) >= 11 is 1.39. The van der Waals surface area contributed by atoms with Crippen molar-refractivity contribution in [2.45, 2.75) is 19.8 Å². The number of carbonyl (C=O) groups excluding carboxylic acids is 1. The van der Waals surface area contributed by atoms with Gasteiger partial charge in [0.15, 0.2) is 0 Å². The lowest BCUT2D eigenvalue weighted by Gasteiger charge is -2.05. The number of hydrogen-bond acceptors (Lipinski definition) is 6. The third-order valence-corrected chi connectivity index (χ3v) is 3.86. The number of methoxy groups -OCH3 is 2. The summed E-state index contributed by atoms with van der Waals surface area (Å²) in [4.78, 5) is 11.9.